The number of nitrogens with zero attached hydrogens (tertiary/aromatic N) is 2. The molecule has 1 aromatic heterocycles. The smallest absolute Gasteiger partial charge is 0.338 e. The van der Waals surface area contributed by atoms with Crippen LogP contribution in [0.15, 0.2) is 23.0 Å². The van der Waals surface area contributed by atoms with E-state index < -0.39 is 5.97 Å². The molecule has 2 aromatic rings. The molecule has 1 aromatic carbocycles. The van der Waals surface area contributed by atoms with Crippen LogP contribution in [0.4, 0.5) is 0 Å². The first-order chi connectivity index (χ1) is 13.9. The molecule has 0 saturated heterocycles. The van der Waals surface area contributed by atoms with Gasteiger partial charge < -0.3 is 10.1 Å². The Bertz CT molecular complexity index is 964. The Morgan fingerprint density at radius 3 is 2.69 bits per heavy atom. The maximum absolute atomic E-state index is 12.8. The number of ether oxygens (including phenoxy) is 1. The molecule has 29 heavy (non-hydrogen) atoms. The number of carbonyl (C=O) groups is 2. The van der Waals surface area contributed by atoms with Gasteiger partial charge in [-0.3, -0.25) is 14.2 Å². The molecule has 0 spiro atoms. The maximum Gasteiger partial charge on any atom is 0.338 e. The van der Waals surface area contributed by atoms with Gasteiger partial charge in [-0.25, -0.2) is 9.78 Å². The van der Waals surface area contributed by atoms with E-state index in [0.29, 0.717) is 23.4 Å². The lowest BCUT2D eigenvalue weighted by Gasteiger charge is -2.17. The molecule has 0 bridgehead atoms. The molecule has 7 heteroatoms. The summed E-state index contributed by atoms with van der Waals surface area (Å²) in [5.41, 5.74) is 0.716. The lowest BCUT2D eigenvalue weighted by molar-refractivity contribution is -0.125. The average Bonchev–Trinajstić information content (AvgIpc) is 2.67. The largest absolute Gasteiger partial charge is 0.452 e. The van der Waals surface area contributed by atoms with Crippen molar-refractivity contribution < 1.29 is 14.3 Å². The van der Waals surface area contributed by atoms with Crippen LogP contribution in [0.1, 0.15) is 62.6 Å². The fraction of sp³-hybridized carbons (Fsp3) is 0.545. The molecule has 0 saturated carbocycles. The second kappa shape index (κ2) is 9.20. The minimum atomic E-state index is -0.604. The van der Waals surface area contributed by atoms with Crippen molar-refractivity contribution in [3.8, 4) is 0 Å². The highest BCUT2D eigenvalue weighted by Gasteiger charge is 2.17. The Kier molecular flexibility index (Phi) is 6.67. The van der Waals surface area contributed by atoms with E-state index in [4.69, 9.17) is 4.74 Å². The van der Waals surface area contributed by atoms with Gasteiger partial charge in [-0.15, -0.1) is 0 Å². The highest BCUT2D eigenvalue weighted by Crippen LogP contribution is 2.17. The number of aryl methyl sites for hydroxylation is 1. The second-order valence-corrected chi connectivity index (χ2v) is 8.06. The summed E-state index contributed by atoms with van der Waals surface area (Å²) in [6.07, 6.45) is 5.00. The molecule has 3 rings (SSSR count). The Morgan fingerprint density at radius 1 is 1.17 bits per heavy atom. The SMILES string of the molecule is CC(C)C(C)NC(=O)COC(=O)c1ccc2c(=O)n3c(nc2c1)CCCCCC3. The summed E-state index contributed by atoms with van der Waals surface area (Å²) in [6.45, 7) is 6.26. The van der Waals surface area contributed by atoms with E-state index in [1.54, 1.807) is 22.8 Å². The lowest BCUT2D eigenvalue weighted by Crippen LogP contribution is -2.38. The van der Waals surface area contributed by atoms with E-state index in [1.807, 2.05) is 20.8 Å². The number of benzene rings is 1. The molecular formula is C22H29N3O4. The van der Waals surface area contributed by atoms with Crippen molar-refractivity contribution in [2.24, 2.45) is 5.92 Å². The topological polar surface area (TPSA) is 90.3 Å². The molecule has 1 N–H and O–H groups in total. The van der Waals surface area contributed by atoms with Gasteiger partial charge in [0.25, 0.3) is 11.5 Å². The molecular weight excluding hydrogens is 370 g/mol. The zero-order valence-electron chi connectivity index (χ0n) is 17.4. The fourth-order valence-electron chi connectivity index (χ4n) is 3.40. The Balaban J connectivity index is 1.76. The number of carbonyl (C=O) groups excluding carboxylic acids is 2. The predicted molar refractivity (Wildman–Crippen MR) is 111 cm³/mol. The molecule has 1 amide bonds. The van der Waals surface area contributed by atoms with Gasteiger partial charge in [-0.1, -0.05) is 26.7 Å². The third kappa shape index (κ3) is 5.02. The van der Waals surface area contributed by atoms with Gasteiger partial charge >= 0.3 is 5.97 Å². The van der Waals surface area contributed by atoms with Crippen molar-refractivity contribution in [2.75, 3.05) is 6.61 Å². The minimum absolute atomic E-state index is 0.00138. The van der Waals surface area contributed by atoms with Crippen molar-refractivity contribution in [3.05, 3.63) is 39.9 Å². The molecule has 1 aliphatic heterocycles. The summed E-state index contributed by atoms with van der Waals surface area (Å²) >= 11 is 0. The second-order valence-electron chi connectivity index (χ2n) is 8.06. The van der Waals surface area contributed by atoms with Gasteiger partial charge in [0.15, 0.2) is 6.61 Å². The van der Waals surface area contributed by atoms with Gasteiger partial charge in [0.2, 0.25) is 0 Å². The third-order valence-corrected chi connectivity index (χ3v) is 5.53. The number of rotatable bonds is 5. The van der Waals surface area contributed by atoms with E-state index in [-0.39, 0.29) is 29.7 Å². The summed E-state index contributed by atoms with van der Waals surface area (Å²) in [4.78, 5) is 41.8. The van der Waals surface area contributed by atoms with Crippen LogP contribution in [0.2, 0.25) is 0 Å². The lowest BCUT2D eigenvalue weighted by atomic mass is 10.1. The zero-order valence-corrected chi connectivity index (χ0v) is 17.4. The summed E-state index contributed by atoms with van der Waals surface area (Å²) < 4.78 is 6.90. The molecule has 1 atom stereocenters. The van der Waals surface area contributed by atoms with Crippen LogP contribution in [-0.2, 0) is 22.5 Å². The first-order valence-electron chi connectivity index (χ1n) is 10.4. The molecule has 0 radical (unpaired) electrons. The Hall–Kier alpha value is -2.70. The van der Waals surface area contributed by atoms with E-state index in [9.17, 15) is 14.4 Å². The van der Waals surface area contributed by atoms with Crippen LogP contribution >= 0.6 is 0 Å². The average molecular weight is 399 g/mol. The van der Waals surface area contributed by atoms with Gasteiger partial charge in [-0.05, 0) is 43.9 Å². The number of hydrogen-bond acceptors (Lipinski definition) is 5. The number of nitrogens with one attached hydrogen (secondary N) is 1. The van der Waals surface area contributed by atoms with E-state index in [1.165, 1.54) is 0 Å². The van der Waals surface area contributed by atoms with Crippen LogP contribution in [0.3, 0.4) is 0 Å². The summed E-state index contributed by atoms with van der Waals surface area (Å²) in [7, 11) is 0. The number of hydrogen-bond donors (Lipinski definition) is 1. The van der Waals surface area contributed by atoms with Crippen LogP contribution in [0, 0.1) is 5.92 Å². The normalized spacial score (nSPS) is 15.3. The quantitative estimate of drug-likeness (QED) is 0.781. The van der Waals surface area contributed by atoms with E-state index >= 15 is 0 Å². The van der Waals surface area contributed by atoms with Crippen molar-refractivity contribution in [1.82, 2.24) is 14.9 Å². The minimum Gasteiger partial charge on any atom is -0.452 e. The van der Waals surface area contributed by atoms with E-state index in [2.05, 4.69) is 10.3 Å². The van der Waals surface area contributed by atoms with Crippen molar-refractivity contribution in [2.45, 2.75) is 65.5 Å². The molecule has 1 unspecified atom stereocenters. The highest BCUT2D eigenvalue weighted by atomic mass is 16.5. The zero-order chi connectivity index (χ0) is 21.0. The van der Waals surface area contributed by atoms with Gasteiger partial charge in [-0.2, -0.15) is 0 Å². The van der Waals surface area contributed by atoms with Gasteiger partial charge in [0, 0.05) is 19.0 Å². The van der Waals surface area contributed by atoms with Crippen molar-refractivity contribution in [1.29, 1.82) is 0 Å². The van der Waals surface area contributed by atoms with Crippen molar-refractivity contribution >= 4 is 22.8 Å². The number of esters is 1. The van der Waals surface area contributed by atoms with Gasteiger partial charge in [0.1, 0.15) is 5.82 Å². The Morgan fingerprint density at radius 2 is 1.93 bits per heavy atom. The molecule has 7 nitrogen and oxygen atoms in total. The number of aromatic nitrogens is 2. The summed E-state index contributed by atoms with van der Waals surface area (Å²) in [5.74, 6) is 0.126. The van der Waals surface area contributed by atoms with Crippen molar-refractivity contribution in [3.63, 3.8) is 0 Å². The van der Waals surface area contributed by atoms with Crippen LogP contribution < -0.4 is 10.9 Å². The summed E-state index contributed by atoms with van der Waals surface area (Å²) in [6, 6.07) is 4.75. The van der Waals surface area contributed by atoms with Crippen LogP contribution in [0.5, 0.6) is 0 Å². The van der Waals surface area contributed by atoms with Crippen LogP contribution in [-0.4, -0.2) is 34.1 Å². The Labute approximate surface area is 170 Å². The maximum atomic E-state index is 12.8. The summed E-state index contributed by atoms with van der Waals surface area (Å²) in [5, 5.41) is 3.29. The third-order valence-electron chi connectivity index (χ3n) is 5.53. The fourth-order valence-corrected chi connectivity index (χ4v) is 3.40. The standard InChI is InChI=1S/C22H29N3O4/c1-14(2)15(3)23-20(26)13-29-22(28)16-9-10-17-18(12-16)24-19-8-6-4-5-7-11-25(19)21(17)27/h9-10,12,14-15H,4-8,11,13H2,1-3H3,(H,23,26). The number of fused-ring (bicyclic) bond motifs is 2. The predicted octanol–water partition coefficient (Wildman–Crippen LogP) is 2.83. The molecule has 156 valence electrons. The first-order valence-corrected chi connectivity index (χ1v) is 10.4. The molecule has 2 heterocycles. The monoisotopic (exact) mass is 399 g/mol. The highest BCUT2D eigenvalue weighted by molar-refractivity contribution is 5.95. The first kappa shape index (κ1) is 21.0. The molecule has 0 aliphatic carbocycles. The molecule has 1 aliphatic rings. The molecule has 0 fully saturated rings. The van der Waals surface area contributed by atoms with Gasteiger partial charge in [0.05, 0.1) is 16.5 Å². The van der Waals surface area contributed by atoms with Crippen LogP contribution in [0.25, 0.3) is 10.9 Å². The number of amides is 1. The van der Waals surface area contributed by atoms with E-state index in [0.717, 1.165) is 37.9 Å².